The predicted molar refractivity (Wildman–Crippen MR) is 75.2 cm³/mol. The molecular weight excluding hydrogens is 314 g/mol. The summed E-state index contributed by atoms with van der Waals surface area (Å²) in [6, 6.07) is 0. The molecule has 1 aromatic rings. The summed E-state index contributed by atoms with van der Waals surface area (Å²) < 4.78 is 0.594. The lowest BCUT2D eigenvalue weighted by Gasteiger charge is -2.25. The van der Waals surface area contributed by atoms with Gasteiger partial charge in [-0.3, -0.25) is 15.1 Å². The van der Waals surface area contributed by atoms with Gasteiger partial charge in [-0.05, 0) is 28.8 Å². The number of hydrogen-bond donors (Lipinski definition) is 1. The van der Waals surface area contributed by atoms with Crippen LogP contribution < -0.4 is 4.90 Å². The number of rotatable bonds is 4. The molecule has 1 aromatic heterocycles. The average Bonchev–Trinajstić information content (AvgIpc) is 2.74. The summed E-state index contributed by atoms with van der Waals surface area (Å²) >= 11 is 3.31. The molecule has 0 amide bonds. The third-order valence-electron chi connectivity index (χ3n) is 3.56. The molecule has 2 atom stereocenters. The highest BCUT2D eigenvalue weighted by Gasteiger charge is 2.29. The zero-order valence-electron chi connectivity index (χ0n) is 10.6. The third kappa shape index (κ3) is 3.03. The second-order valence-corrected chi connectivity index (χ2v) is 5.74. The molecule has 0 unspecified atom stereocenters. The number of nitrogens with zero attached hydrogens (tertiary/aromatic N) is 3. The van der Waals surface area contributed by atoms with Crippen LogP contribution in [0.5, 0.6) is 0 Å². The van der Waals surface area contributed by atoms with Crippen molar-refractivity contribution in [1.29, 1.82) is 0 Å². The summed E-state index contributed by atoms with van der Waals surface area (Å²) in [6.07, 6.45) is 5.28. The predicted octanol–water partition coefficient (Wildman–Crippen LogP) is 2.35. The van der Waals surface area contributed by atoms with Crippen LogP contribution in [0.25, 0.3) is 0 Å². The van der Waals surface area contributed by atoms with Gasteiger partial charge in [0.15, 0.2) is 0 Å². The minimum atomic E-state index is -0.436. The molecule has 0 saturated heterocycles. The average molecular weight is 330 g/mol. The largest absolute Gasteiger partial charge is 0.393 e. The van der Waals surface area contributed by atoms with Crippen LogP contribution in [0.2, 0.25) is 0 Å². The van der Waals surface area contributed by atoms with Gasteiger partial charge in [-0.25, -0.2) is 0 Å². The van der Waals surface area contributed by atoms with Crippen molar-refractivity contribution in [3.8, 4) is 0 Å². The van der Waals surface area contributed by atoms with Crippen LogP contribution in [-0.4, -0.2) is 34.7 Å². The van der Waals surface area contributed by atoms with Crippen LogP contribution >= 0.6 is 15.9 Å². The monoisotopic (exact) mass is 329 g/mol. The van der Waals surface area contributed by atoms with Crippen LogP contribution in [0.1, 0.15) is 19.3 Å². The van der Waals surface area contributed by atoms with Crippen molar-refractivity contribution in [1.82, 2.24) is 4.98 Å². The molecule has 1 aliphatic rings. The second-order valence-electron chi connectivity index (χ2n) is 4.89. The van der Waals surface area contributed by atoms with Crippen molar-refractivity contribution < 1.29 is 10.0 Å². The van der Waals surface area contributed by atoms with E-state index in [1.54, 1.807) is 13.2 Å². The topological polar surface area (TPSA) is 79.5 Å². The van der Waals surface area contributed by atoms with Gasteiger partial charge in [-0.15, -0.1) is 0 Å². The lowest BCUT2D eigenvalue weighted by Crippen LogP contribution is -2.30. The molecule has 1 N–H and O–H groups in total. The van der Waals surface area contributed by atoms with E-state index in [9.17, 15) is 15.2 Å². The van der Waals surface area contributed by atoms with Crippen LogP contribution in [0.4, 0.5) is 11.4 Å². The molecule has 1 heterocycles. The fourth-order valence-electron chi connectivity index (χ4n) is 2.60. The van der Waals surface area contributed by atoms with Gasteiger partial charge in [0, 0.05) is 25.7 Å². The van der Waals surface area contributed by atoms with E-state index in [0.29, 0.717) is 16.7 Å². The number of aliphatic hydroxyl groups is 1. The van der Waals surface area contributed by atoms with E-state index in [0.717, 1.165) is 19.3 Å². The minimum Gasteiger partial charge on any atom is -0.393 e. The van der Waals surface area contributed by atoms with Gasteiger partial charge in [0.05, 0.1) is 15.5 Å². The number of aromatic nitrogens is 1. The van der Waals surface area contributed by atoms with Gasteiger partial charge in [0.2, 0.25) is 0 Å². The fourth-order valence-corrected chi connectivity index (χ4v) is 3.23. The van der Waals surface area contributed by atoms with Crippen molar-refractivity contribution >= 4 is 27.3 Å². The lowest BCUT2D eigenvalue weighted by molar-refractivity contribution is -0.384. The molecule has 104 valence electrons. The van der Waals surface area contributed by atoms with E-state index in [-0.39, 0.29) is 17.7 Å². The van der Waals surface area contributed by atoms with E-state index in [1.807, 2.05) is 4.90 Å². The van der Waals surface area contributed by atoms with Gasteiger partial charge >= 0.3 is 5.69 Å². The van der Waals surface area contributed by atoms with Crippen molar-refractivity contribution in [2.75, 3.05) is 18.5 Å². The molecule has 0 spiro atoms. The SMILES string of the molecule is CN(C[C@H]1CCC[C@@H]1O)c1c(Br)cncc1[N+](=O)[O-]. The van der Waals surface area contributed by atoms with Gasteiger partial charge in [-0.1, -0.05) is 6.42 Å². The molecule has 1 saturated carbocycles. The Bertz CT molecular complexity index is 483. The molecule has 6 nitrogen and oxygen atoms in total. The maximum absolute atomic E-state index is 11.0. The number of halogens is 1. The molecule has 19 heavy (non-hydrogen) atoms. The van der Waals surface area contributed by atoms with E-state index in [2.05, 4.69) is 20.9 Å². The fraction of sp³-hybridized carbons (Fsp3) is 0.583. The van der Waals surface area contributed by atoms with Crippen molar-refractivity contribution in [3.05, 3.63) is 27.0 Å². The van der Waals surface area contributed by atoms with E-state index in [1.165, 1.54) is 6.20 Å². The Kier molecular flexibility index (Phi) is 4.36. The molecule has 1 fully saturated rings. The zero-order chi connectivity index (χ0) is 14.0. The van der Waals surface area contributed by atoms with E-state index >= 15 is 0 Å². The highest BCUT2D eigenvalue weighted by Crippen LogP contribution is 2.36. The molecule has 2 rings (SSSR count). The Hall–Kier alpha value is -1.21. The number of anilines is 1. The highest BCUT2D eigenvalue weighted by atomic mass is 79.9. The first-order chi connectivity index (χ1) is 9.00. The Labute approximate surface area is 119 Å². The molecular formula is C12H16BrN3O3. The summed E-state index contributed by atoms with van der Waals surface area (Å²) in [5.41, 5.74) is 0.489. The Morgan fingerprint density at radius 2 is 2.32 bits per heavy atom. The van der Waals surface area contributed by atoms with Crippen molar-refractivity contribution in [2.45, 2.75) is 25.4 Å². The first-order valence-corrected chi connectivity index (χ1v) is 6.97. The Morgan fingerprint density at radius 1 is 1.58 bits per heavy atom. The summed E-state index contributed by atoms with van der Waals surface area (Å²) in [5.74, 6) is 0.171. The van der Waals surface area contributed by atoms with Crippen molar-refractivity contribution in [2.24, 2.45) is 5.92 Å². The summed E-state index contributed by atoms with van der Waals surface area (Å²) in [7, 11) is 1.80. The van der Waals surface area contributed by atoms with E-state index in [4.69, 9.17) is 0 Å². The molecule has 7 heteroatoms. The van der Waals surface area contributed by atoms with Crippen molar-refractivity contribution in [3.63, 3.8) is 0 Å². The molecule has 0 bridgehead atoms. The van der Waals surface area contributed by atoms with Gasteiger partial charge in [0.25, 0.3) is 0 Å². The number of nitro groups is 1. The summed E-state index contributed by atoms with van der Waals surface area (Å²) in [5, 5.41) is 20.9. The summed E-state index contributed by atoms with van der Waals surface area (Å²) in [6.45, 7) is 0.602. The smallest absolute Gasteiger partial charge is 0.311 e. The number of aliphatic hydroxyl groups excluding tert-OH is 1. The Morgan fingerprint density at radius 3 is 2.89 bits per heavy atom. The first kappa shape index (κ1) is 14.2. The van der Waals surface area contributed by atoms with E-state index < -0.39 is 4.92 Å². The molecule has 1 aliphatic carbocycles. The standard InChI is InChI=1S/C12H16BrN3O3/c1-15(7-8-3-2-4-11(8)17)12-9(13)5-14-6-10(12)16(18)19/h5-6,8,11,17H,2-4,7H2,1H3/t8-,11+/m1/s1. The molecule has 0 aliphatic heterocycles. The normalized spacial score (nSPS) is 22.5. The Balaban J connectivity index is 2.23. The minimum absolute atomic E-state index is 0.0237. The second kappa shape index (κ2) is 5.83. The maximum Gasteiger partial charge on any atom is 0.311 e. The lowest BCUT2D eigenvalue weighted by atomic mass is 10.1. The van der Waals surface area contributed by atoms with Gasteiger partial charge in [-0.2, -0.15) is 0 Å². The molecule has 0 radical (unpaired) electrons. The maximum atomic E-state index is 11.0. The zero-order valence-corrected chi connectivity index (χ0v) is 12.2. The first-order valence-electron chi connectivity index (χ1n) is 6.17. The van der Waals surface area contributed by atoms with Crippen LogP contribution in [-0.2, 0) is 0 Å². The van der Waals surface area contributed by atoms with Crippen LogP contribution in [0.3, 0.4) is 0 Å². The van der Waals surface area contributed by atoms with Gasteiger partial charge in [0.1, 0.15) is 11.9 Å². The van der Waals surface area contributed by atoms with Crippen LogP contribution in [0.15, 0.2) is 16.9 Å². The highest BCUT2D eigenvalue weighted by molar-refractivity contribution is 9.10. The third-order valence-corrected chi connectivity index (χ3v) is 4.14. The molecule has 0 aromatic carbocycles. The van der Waals surface area contributed by atoms with Gasteiger partial charge < -0.3 is 10.0 Å². The number of pyridine rings is 1. The quantitative estimate of drug-likeness (QED) is 0.677. The number of hydrogen-bond acceptors (Lipinski definition) is 5. The summed E-state index contributed by atoms with van der Waals surface area (Å²) in [4.78, 5) is 16.3. The van der Waals surface area contributed by atoms with Crippen LogP contribution in [0, 0.1) is 16.0 Å².